The number of hydrogen-bond donors (Lipinski definition) is 1. The van der Waals surface area contributed by atoms with Crippen molar-refractivity contribution < 1.29 is 17.9 Å². The molecule has 0 spiro atoms. The maximum absolute atomic E-state index is 12.3. The van der Waals surface area contributed by atoms with E-state index in [0.717, 1.165) is 11.3 Å². The molecule has 2 aromatic rings. The Morgan fingerprint density at radius 2 is 2.13 bits per heavy atom. The van der Waals surface area contributed by atoms with Gasteiger partial charge < -0.3 is 9.47 Å². The van der Waals surface area contributed by atoms with E-state index in [0.29, 0.717) is 6.61 Å². The van der Waals surface area contributed by atoms with E-state index in [1.807, 2.05) is 36.5 Å². The molecular weight excluding hydrogens is 318 g/mol. The number of ether oxygens (including phenoxy) is 2. The van der Waals surface area contributed by atoms with E-state index in [1.165, 1.54) is 7.11 Å². The number of nitrogens with one attached hydrogen (secondary N) is 1. The lowest BCUT2D eigenvalue weighted by molar-refractivity contribution is 0.0828. The molecule has 2 atom stereocenters. The van der Waals surface area contributed by atoms with Crippen LogP contribution in [0.3, 0.4) is 0 Å². The highest BCUT2D eigenvalue weighted by Gasteiger charge is 2.38. The minimum absolute atomic E-state index is 0.159. The van der Waals surface area contributed by atoms with Gasteiger partial charge in [0.05, 0.1) is 18.9 Å². The summed E-state index contributed by atoms with van der Waals surface area (Å²) in [5.74, 6) is 0. The van der Waals surface area contributed by atoms with Gasteiger partial charge in [-0.15, -0.1) is 0 Å². The van der Waals surface area contributed by atoms with Gasteiger partial charge in [0.1, 0.15) is 11.4 Å². The second-order valence-electron chi connectivity index (χ2n) is 5.33. The molecule has 23 heavy (non-hydrogen) atoms. The van der Waals surface area contributed by atoms with Gasteiger partial charge in [0.25, 0.3) is 0 Å². The number of sulfonamides is 1. The van der Waals surface area contributed by atoms with Crippen LogP contribution in [0.5, 0.6) is 0 Å². The minimum atomic E-state index is -3.49. The number of nitrogens with zero attached hydrogens (tertiary/aromatic N) is 2. The molecule has 1 fully saturated rings. The van der Waals surface area contributed by atoms with E-state index in [2.05, 4.69) is 9.82 Å². The van der Waals surface area contributed by atoms with Crippen LogP contribution in [0.4, 0.5) is 0 Å². The molecule has 0 bridgehead atoms. The summed E-state index contributed by atoms with van der Waals surface area (Å²) in [7, 11) is -1.99. The third kappa shape index (κ3) is 3.61. The zero-order valence-electron chi connectivity index (χ0n) is 12.8. The zero-order chi connectivity index (χ0) is 16.3. The molecule has 1 aromatic heterocycles. The third-order valence-electron chi connectivity index (χ3n) is 3.86. The molecule has 0 amide bonds. The normalized spacial score (nSPS) is 21.6. The highest BCUT2D eigenvalue weighted by atomic mass is 32.2. The summed E-state index contributed by atoms with van der Waals surface area (Å²) in [6.45, 7) is 0.696. The van der Waals surface area contributed by atoms with E-state index in [-0.39, 0.29) is 13.2 Å². The molecule has 1 saturated heterocycles. The fraction of sp³-hybridized carbons (Fsp3) is 0.400. The molecule has 2 unspecified atom stereocenters. The fourth-order valence-corrected chi connectivity index (χ4v) is 3.95. The van der Waals surface area contributed by atoms with Crippen molar-refractivity contribution >= 4 is 10.0 Å². The Morgan fingerprint density at radius 1 is 1.35 bits per heavy atom. The van der Waals surface area contributed by atoms with E-state index >= 15 is 0 Å². The van der Waals surface area contributed by atoms with Crippen LogP contribution < -0.4 is 4.72 Å². The topological polar surface area (TPSA) is 82.5 Å². The highest BCUT2D eigenvalue weighted by molar-refractivity contribution is 7.90. The molecular formula is C15H19N3O4S. The summed E-state index contributed by atoms with van der Waals surface area (Å²) < 4.78 is 39.4. The van der Waals surface area contributed by atoms with E-state index < -0.39 is 21.4 Å². The Balaban J connectivity index is 1.64. The average Bonchev–Trinajstić information content (AvgIpc) is 3.24. The molecule has 8 heteroatoms. The predicted octanol–water partition coefficient (Wildman–Crippen LogP) is 0.706. The van der Waals surface area contributed by atoms with Gasteiger partial charge >= 0.3 is 0 Å². The molecule has 124 valence electrons. The van der Waals surface area contributed by atoms with Crippen LogP contribution in [0, 0.1) is 0 Å². The first-order valence-electron chi connectivity index (χ1n) is 7.28. The molecule has 1 N–H and O–H groups in total. The summed E-state index contributed by atoms with van der Waals surface area (Å²) in [6, 6.07) is 9.38. The molecule has 2 heterocycles. The number of hydrogen-bond acceptors (Lipinski definition) is 5. The van der Waals surface area contributed by atoms with Crippen LogP contribution in [0.15, 0.2) is 42.7 Å². The summed E-state index contributed by atoms with van der Waals surface area (Å²) >= 11 is 0. The van der Waals surface area contributed by atoms with Crippen LogP contribution in [0.1, 0.15) is 5.56 Å². The molecule has 3 rings (SSSR count). The Labute approximate surface area is 135 Å². The van der Waals surface area contributed by atoms with Crippen LogP contribution in [-0.2, 0) is 26.0 Å². The molecule has 0 radical (unpaired) electrons. The summed E-state index contributed by atoms with van der Waals surface area (Å²) in [5.41, 5.74) is 1.79. The lowest BCUT2D eigenvalue weighted by Gasteiger charge is -2.17. The van der Waals surface area contributed by atoms with Gasteiger partial charge in [-0.05, 0) is 23.8 Å². The van der Waals surface area contributed by atoms with Crippen molar-refractivity contribution in [3.63, 3.8) is 0 Å². The maximum atomic E-state index is 12.3. The summed E-state index contributed by atoms with van der Waals surface area (Å²) in [6.07, 6.45) is 3.13. The van der Waals surface area contributed by atoms with Crippen LogP contribution >= 0.6 is 0 Å². The third-order valence-corrected chi connectivity index (χ3v) is 5.65. The number of benzene rings is 1. The minimum Gasteiger partial charge on any atom is -0.378 e. The number of aromatic nitrogens is 2. The van der Waals surface area contributed by atoms with E-state index in [4.69, 9.17) is 9.47 Å². The predicted molar refractivity (Wildman–Crippen MR) is 84.7 cm³/mol. The van der Waals surface area contributed by atoms with Gasteiger partial charge in [0.2, 0.25) is 10.0 Å². The summed E-state index contributed by atoms with van der Waals surface area (Å²) in [4.78, 5) is 0. The Hall–Kier alpha value is -1.74. The lowest BCUT2D eigenvalue weighted by Crippen LogP contribution is -2.41. The average molecular weight is 337 g/mol. The highest BCUT2D eigenvalue weighted by Crippen LogP contribution is 2.17. The van der Waals surface area contributed by atoms with Gasteiger partial charge in [-0.25, -0.2) is 17.8 Å². The first-order valence-corrected chi connectivity index (χ1v) is 8.83. The monoisotopic (exact) mass is 337 g/mol. The second kappa shape index (κ2) is 6.79. The Bertz CT molecular complexity index is 729. The largest absolute Gasteiger partial charge is 0.378 e. The SMILES string of the molecule is COC1COCC1S(=O)(=O)NCc1ccc(-n2cccn2)cc1. The molecule has 1 aliphatic heterocycles. The van der Waals surface area contributed by atoms with Crippen molar-refractivity contribution in [2.75, 3.05) is 20.3 Å². The van der Waals surface area contributed by atoms with Crippen LogP contribution in [-0.4, -0.2) is 49.9 Å². The molecule has 0 aliphatic carbocycles. The Kier molecular flexibility index (Phi) is 4.76. The standard InChI is InChI=1S/C15H19N3O4S/c1-21-14-10-22-11-15(14)23(19,20)17-9-12-3-5-13(6-4-12)18-8-2-7-16-18/h2-8,14-15,17H,9-11H2,1H3. The van der Waals surface area contributed by atoms with Crippen LogP contribution in [0.2, 0.25) is 0 Å². The molecule has 1 aromatic carbocycles. The Morgan fingerprint density at radius 3 is 2.78 bits per heavy atom. The van der Waals surface area contributed by atoms with Crippen molar-refractivity contribution in [3.8, 4) is 5.69 Å². The fourth-order valence-electron chi connectivity index (χ4n) is 2.50. The molecule has 0 saturated carbocycles. The first-order chi connectivity index (χ1) is 11.1. The van der Waals surface area contributed by atoms with Crippen molar-refractivity contribution in [2.45, 2.75) is 17.9 Å². The van der Waals surface area contributed by atoms with Crippen molar-refractivity contribution in [3.05, 3.63) is 48.3 Å². The van der Waals surface area contributed by atoms with Gasteiger partial charge in [-0.1, -0.05) is 12.1 Å². The first kappa shape index (κ1) is 16.1. The number of methoxy groups -OCH3 is 1. The zero-order valence-corrected chi connectivity index (χ0v) is 13.6. The quantitative estimate of drug-likeness (QED) is 0.839. The van der Waals surface area contributed by atoms with Gasteiger partial charge in [-0.3, -0.25) is 0 Å². The van der Waals surface area contributed by atoms with Crippen molar-refractivity contribution in [1.82, 2.24) is 14.5 Å². The van der Waals surface area contributed by atoms with Gasteiger partial charge in [0, 0.05) is 26.0 Å². The summed E-state index contributed by atoms with van der Waals surface area (Å²) in [5, 5.41) is 3.48. The van der Waals surface area contributed by atoms with Crippen LogP contribution in [0.25, 0.3) is 5.69 Å². The number of rotatable bonds is 6. The maximum Gasteiger partial charge on any atom is 0.219 e. The van der Waals surface area contributed by atoms with Gasteiger partial charge in [0.15, 0.2) is 0 Å². The van der Waals surface area contributed by atoms with E-state index in [1.54, 1.807) is 10.9 Å². The van der Waals surface area contributed by atoms with Gasteiger partial charge in [-0.2, -0.15) is 5.10 Å². The lowest BCUT2D eigenvalue weighted by atomic mass is 10.2. The van der Waals surface area contributed by atoms with Crippen molar-refractivity contribution in [2.24, 2.45) is 0 Å². The smallest absolute Gasteiger partial charge is 0.219 e. The van der Waals surface area contributed by atoms with E-state index in [9.17, 15) is 8.42 Å². The van der Waals surface area contributed by atoms with Crippen molar-refractivity contribution in [1.29, 1.82) is 0 Å². The molecule has 7 nitrogen and oxygen atoms in total. The second-order valence-corrected chi connectivity index (χ2v) is 7.32. The molecule has 1 aliphatic rings.